The maximum absolute atomic E-state index is 12.2. The molecule has 0 saturated carbocycles. The van der Waals surface area contributed by atoms with Gasteiger partial charge in [0.2, 0.25) is 5.91 Å². The Kier molecular flexibility index (Phi) is 4.93. The Labute approximate surface area is 140 Å². The Bertz CT molecular complexity index is 711. The molecule has 0 aliphatic carbocycles. The summed E-state index contributed by atoms with van der Waals surface area (Å²) in [6, 6.07) is 9.05. The quantitative estimate of drug-likeness (QED) is 0.881. The lowest BCUT2D eigenvalue weighted by molar-refractivity contribution is -0.148. The minimum absolute atomic E-state index is 0.102. The van der Waals surface area contributed by atoms with Crippen LogP contribution in [0.25, 0.3) is 11.3 Å². The monoisotopic (exact) mass is 328 g/mol. The van der Waals surface area contributed by atoms with E-state index in [0.717, 1.165) is 12.0 Å². The molecule has 2 heterocycles. The van der Waals surface area contributed by atoms with Crippen molar-refractivity contribution in [1.82, 2.24) is 9.88 Å². The zero-order chi connectivity index (χ0) is 16.9. The van der Waals surface area contributed by atoms with E-state index < -0.39 is 12.0 Å². The maximum atomic E-state index is 12.2. The summed E-state index contributed by atoms with van der Waals surface area (Å²) in [6.07, 6.45) is 4.45. The first kappa shape index (κ1) is 16.2. The molecule has 1 fully saturated rings. The maximum Gasteiger partial charge on any atom is 0.326 e. The summed E-state index contributed by atoms with van der Waals surface area (Å²) in [6.45, 7) is 0.535. The first-order chi connectivity index (χ1) is 11.6. The Balaban J connectivity index is 1.51. The van der Waals surface area contributed by atoms with E-state index in [2.05, 4.69) is 4.98 Å². The molecule has 2 aromatic rings. The minimum Gasteiger partial charge on any atom is -0.480 e. The lowest BCUT2D eigenvalue weighted by atomic mass is 10.2. The smallest absolute Gasteiger partial charge is 0.326 e. The predicted octanol–water partition coefficient (Wildman–Crippen LogP) is 2.74. The van der Waals surface area contributed by atoms with Gasteiger partial charge in [0.05, 0.1) is 6.20 Å². The van der Waals surface area contributed by atoms with Crippen LogP contribution in [0.1, 0.15) is 31.6 Å². The summed E-state index contributed by atoms with van der Waals surface area (Å²) in [5.74, 6) is 0.288. The van der Waals surface area contributed by atoms with Crippen molar-refractivity contribution >= 4 is 11.9 Å². The van der Waals surface area contributed by atoms with Gasteiger partial charge in [0.1, 0.15) is 6.04 Å². The molecule has 3 rings (SSSR count). The number of carboxylic acids is 1. The summed E-state index contributed by atoms with van der Waals surface area (Å²) in [5.41, 5.74) is 0.966. The molecule has 0 spiro atoms. The predicted molar refractivity (Wildman–Crippen MR) is 87.2 cm³/mol. The molecule has 126 valence electrons. The number of nitrogens with zero attached hydrogens (tertiary/aromatic N) is 2. The summed E-state index contributed by atoms with van der Waals surface area (Å²) in [5, 5.41) is 9.13. The molecular weight excluding hydrogens is 308 g/mol. The Hall–Kier alpha value is -2.63. The number of hydrogen-bond donors (Lipinski definition) is 1. The normalized spacial score (nSPS) is 17.2. The summed E-state index contributed by atoms with van der Waals surface area (Å²) >= 11 is 0. The summed E-state index contributed by atoms with van der Waals surface area (Å²) in [7, 11) is 0. The number of carboxylic acid groups (broad SMARTS) is 1. The largest absolute Gasteiger partial charge is 0.480 e. The van der Waals surface area contributed by atoms with Crippen LogP contribution < -0.4 is 0 Å². The van der Waals surface area contributed by atoms with Crippen molar-refractivity contribution in [1.29, 1.82) is 0 Å². The Morgan fingerprint density at radius 2 is 2.08 bits per heavy atom. The van der Waals surface area contributed by atoms with Crippen molar-refractivity contribution in [3.05, 3.63) is 42.4 Å². The van der Waals surface area contributed by atoms with Gasteiger partial charge in [-0.3, -0.25) is 4.79 Å². The molecule has 0 bridgehead atoms. The highest BCUT2D eigenvalue weighted by atomic mass is 16.4. The van der Waals surface area contributed by atoms with Crippen LogP contribution in [0.15, 0.2) is 40.9 Å². The van der Waals surface area contributed by atoms with E-state index in [1.807, 2.05) is 30.3 Å². The minimum atomic E-state index is -0.916. The number of amides is 1. The number of carbonyl (C=O) groups is 2. The van der Waals surface area contributed by atoms with Crippen molar-refractivity contribution in [2.75, 3.05) is 6.54 Å². The summed E-state index contributed by atoms with van der Waals surface area (Å²) in [4.78, 5) is 29.0. The molecule has 1 aliphatic heterocycles. The number of aromatic nitrogens is 1. The number of aryl methyl sites for hydroxylation is 1. The number of aliphatic carboxylic acids is 1. The summed E-state index contributed by atoms with van der Waals surface area (Å²) < 4.78 is 5.71. The lowest BCUT2D eigenvalue weighted by Crippen LogP contribution is -2.40. The van der Waals surface area contributed by atoms with E-state index in [-0.39, 0.29) is 5.91 Å². The fourth-order valence-electron chi connectivity index (χ4n) is 3.02. The van der Waals surface area contributed by atoms with Gasteiger partial charge in [-0.05, 0) is 19.3 Å². The highest BCUT2D eigenvalue weighted by Gasteiger charge is 2.33. The second kappa shape index (κ2) is 7.29. The van der Waals surface area contributed by atoms with Gasteiger partial charge in [0, 0.05) is 24.9 Å². The molecule has 1 aliphatic rings. The van der Waals surface area contributed by atoms with E-state index in [4.69, 9.17) is 9.52 Å². The lowest BCUT2D eigenvalue weighted by Gasteiger charge is -2.21. The highest BCUT2D eigenvalue weighted by molar-refractivity contribution is 5.84. The first-order valence-corrected chi connectivity index (χ1v) is 8.17. The zero-order valence-electron chi connectivity index (χ0n) is 13.4. The Morgan fingerprint density at radius 1 is 1.29 bits per heavy atom. The second-order valence-electron chi connectivity index (χ2n) is 5.92. The van der Waals surface area contributed by atoms with Crippen molar-refractivity contribution in [2.45, 2.75) is 38.1 Å². The third kappa shape index (κ3) is 3.64. The number of oxazole rings is 1. The van der Waals surface area contributed by atoms with Crippen LogP contribution >= 0.6 is 0 Å². The average Bonchev–Trinajstić information content (AvgIpc) is 3.25. The van der Waals surface area contributed by atoms with Crippen LogP contribution in [-0.4, -0.2) is 39.5 Å². The third-order valence-corrected chi connectivity index (χ3v) is 4.25. The van der Waals surface area contributed by atoms with Crippen molar-refractivity contribution in [3.63, 3.8) is 0 Å². The fourth-order valence-corrected chi connectivity index (χ4v) is 3.02. The molecule has 6 nitrogen and oxygen atoms in total. The van der Waals surface area contributed by atoms with Crippen molar-refractivity contribution in [3.8, 4) is 11.3 Å². The van der Waals surface area contributed by atoms with E-state index >= 15 is 0 Å². The second-order valence-corrected chi connectivity index (χ2v) is 5.92. The molecule has 1 amide bonds. The van der Waals surface area contributed by atoms with Gasteiger partial charge in [0.25, 0.3) is 0 Å². The standard InChI is InChI=1S/C18H20N2O4/c21-17(20-11-5-8-14(20)18(22)23)10-4-9-16-19-12-15(24-16)13-6-2-1-3-7-13/h1-3,6-7,12,14H,4-5,8-11H2,(H,22,23)/t14-/m0/s1. The van der Waals surface area contributed by atoms with Gasteiger partial charge in [0.15, 0.2) is 11.7 Å². The Morgan fingerprint density at radius 3 is 2.83 bits per heavy atom. The van der Waals surface area contributed by atoms with Gasteiger partial charge < -0.3 is 14.4 Å². The van der Waals surface area contributed by atoms with E-state index in [1.54, 1.807) is 6.20 Å². The van der Waals surface area contributed by atoms with Crippen LogP contribution in [0.5, 0.6) is 0 Å². The van der Waals surface area contributed by atoms with Crippen LogP contribution in [0, 0.1) is 0 Å². The SMILES string of the molecule is O=C(O)[C@@H]1CCCN1C(=O)CCCc1ncc(-c2ccccc2)o1. The van der Waals surface area contributed by atoms with Gasteiger partial charge >= 0.3 is 5.97 Å². The van der Waals surface area contributed by atoms with E-state index in [0.29, 0.717) is 43.9 Å². The van der Waals surface area contributed by atoms with Crippen molar-refractivity contribution < 1.29 is 19.1 Å². The molecule has 1 atom stereocenters. The number of benzene rings is 1. The van der Waals surface area contributed by atoms with Crippen molar-refractivity contribution in [2.24, 2.45) is 0 Å². The molecule has 6 heteroatoms. The fraction of sp³-hybridized carbons (Fsp3) is 0.389. The molecule has 1 saturated heterocycles. The third-order valence-electron chi connectivity index (χ3n) is 4.25. The van der Waals surface area contributed by atoms with Crippen LogP contribution in [-0.2, 0) is 16.0 Å². The first-order valence-electron chi connectivity index (χ1n) is 8.17. The van der Waals surface area contributed by atoms with E-state index in [1.165, 1.54) is 4.90 Å². The number of rotatable bonds is 6. The molecular formula is C18H20N2O4. The van der Waals surface area contributed by atoms with Crippen LogP contribution in [0.2, 0.25) is 0 Å². The number of carbonyl (C=O) groups excluding carboxylic acids is 1. The van der Waals surface area contributed by atoms with Crippen LogP contribution in [0.3, 0.4) is 0 Å². The number of hydrogen-bond acceptors (Lipinski definition) is 4. The van der Waals surface area contributed by atoms with Gasteiger partial charge in [-0.1, -0.05) is 30.3 Å². The van der Waals surface area contributed by atoms with Gasteiger partial charge in [-0.25, -0.2) is 9.78 Å². The molecule has 1 aromatic heterocycles. The molecule has 0 unspecified atom stereocenters. The van der Waals surface area contributed by atoms with Gasteiger partial charge in [-0.2, -0.15) is 0 Å². The molecule has 24 heavy (non-hydrogen) atoms. The molecule has 1 aromatic carbocycles. The zero-order valence-corrected chi connectivity index (χ0v) is 13.4. The highest BCUT2D eigenvalue weighted by Crippen LogP contribution is 2.22. The van der Waals surface area contributed by atoms with E-state index in [9.17, 15) is 9.59 Å². The average molecular weight is 328 g/mol. The van der Waals surface area contributed by atoms with Gasteiger partial charge in [-0.15, -0.1) is 0 Å². The van der Waals surface area contributed by atoms with Crippen LogP contribution in [0.4, 0.5) is 0 Å². The molecule has 1 N–H and O–H groups in total. The number of likely N-dealkylation sites (tertiary alicyclic amines) is 1. The molecule has 0 radical (unpaired) electrons. The topological polar surface area (TPSA) is 83.6 Å².